The molecule has 1 atom stereocenters. The Labute approximate surface area is 128 Å². The molecule has 1 aliphatic heterocycles. The molecule has 1 unspecified atom stereocenters. The summed E-state index contributed by atoms with van der Waals surface area (Å²) in [6.07, 6.45) is -2.17. The first-order chi connectivity index (χ1) is 9.77. The minimum atomic E-state index is -4.41. The number of piperidine rings is 1. The Bertz CT molecular complexity index is 533. The molecule has 1 aromatic carbocycles. The summed E-state index contributed by atoms with van der Waals surface area (Å²) in [6, 6.07) is 3.09. The maximum absolute atomic E-state index is 12.8. The van der Waals surface area contributed by atoms with E-state index in [2.05, 4.69) is 15.9 Å². The molecule has 1 heterocycles. The highest BCUT2D eigenvalue weighted by Gasteiger charge is 2.32. The van der Waals surface area contributed by atoms with Crippen LogP contribution in [-0.2, 0) is 17.5 Å². The van der Waals surface area contributed by atoms with Crippen LogP contribution < -0.4 is 0 Å². The second-order valence-corrected chi connectivity index (χ2v) is 6.08. The molecule has 1 N–H and O–H groups in total. The number of carboxylic acids is 1. The molecule has 21 heavy (non-hydrogen) atoms. The number of hydrogen-bond donors (Lipinski definition) is 1. The topological polar surface area (TPSA) is 40.5 Å². The van der Waals surface area contributed by atoms with Gasteiger partial charge in [-0.1, -0.05) is 22.4 Å². The Kier molecular flexibility index (Phi) is 4.93. The second-order valence-electron chi connectivity index (χ2n) is 5.17. The van der Waals surface area contributed by atoms with E-state index in [1.807, 2.05) is 0 Å². The maximum Gasteiger partial charge on any atom is 0.416 e. The quantitative estimate of drug-likeness (QED) is 0.882. The van der Waals surface area contributed by atoms with Crippen LogP contribution in [0.3, 0.4) is 0 Å². The van der Waals surface area contributed by atoms with Crippen LogP contribution in [-0.4, -0.2) is 28.6 Å². The van der Waals surface area contributed by atoms with Crippen molar-refractivity contribution < 1.29 is 23.1 Å². The van der Waals surface area contributed by atoms with Crippen LogP contribution in [0.15, 0.2) is 22.7 Å². The zero-order valence-electron chi connectivity index (χ0n) is 11.2. The molecular formula is C14H15BrF3NO2. The first-order valence-corrected chi connectivity index (χ1v) is 7.40. The number of hydrogen-bond acceptors (Lipinski definition) is 2. The smallest absolute Gasteiger partial charge is 0.416 e. The zero-order valence-corrected chi connectivity index (χ0v) is 12.7. The molecule has 3 nitrogen and oxygen atoms in total. The van der Waals surface area contributed by atoms with E-state index in [1.165, 1.54) is 0 Å². The summed E-state index contributed by atoms with van der Waals surface area (Å²) < 4.78 is 38.8. The Morgan fingerprint density at radius 2 is 2.05 bits per heavy atom. The van der Waals surface area contributed by atoms with Gasteiger partial charge in [0.2, 0.25) is 0 Å². The normalized spacial score (nSPS) is 20.5. The van der Waals surface area contributed by atoms with E-state index in [0.717, 1.165) is 25.0 Å². The van der Waals surface area contributed by atoms with Gasteiger partial charge in [-0.05, 0) is 43.1 Å². The summed E-state index contributed by atoms with van der Waals surface area (Å²) in [5.41, 5.74) is -0.263. The van der Waals surface area contributed by atoms with Gasteiger partial charge in [-0.15, -0.1) is 0 Å². The molecule has 1 aliphatic rings. The van der Waals surface area contributed by atoms with Crippen molar-refractivity contribution >= 4 is 21.9 Å². The van der Waals surface area contributed by atoms with Gasteiger partial charge in [0.1, 0.15) is 6.04 Å². The molecule has 0 aliphatic carbocycles. The molecule has 116 valence electrons. The largest absolute Gasteiger partial charge is 0.480 e. The summed E-state index contributed by atoms with van der Waals surface area (Å²) in [6.45, 7) is 0.796. The van der Waals surface area contributed by atoms with Gasteiger partial charge in [-0.3, -0.25) is 9.69 Å². The van der Waals surface area contributed by atoms with Gasteiger partial charge in [-0.25, -0.2) is 0 Å². The van der Waals surface area contributed by atoms with Crippen molar-refractivity contribution in [2.75, 3.05) is 6.54 Å². The average molecular weight is 366 g/mol. The summed E-state index contributed by atoms with van der Waals surface area (Å²) >= 11 is 3.08. The number of nitrogens with zero attached hydrogens (tertiary/aromatic N) is 1. The number of rotatable bonds is 3. The first-order valence-electron chi connectivity index (χ1n) is 6.61. The Hall–Kier alpha value is -1.08. The minimum Gasteiger partial charge on any atom is -0.480 e. The molecule has 1 fully saturated rings. The lowest BCUT2D eigenvalue weighted by atomic mass is 10.0. The predicted octanol–water partition coefficient (Wildman–Crippen LogP) is 3.91. The van der Waals surface area contributed by atoms with Gasteiger partial charge in [0.15, 0.2) is 0 Å². The van der Waals surface area contributed by atoms with Crippen LogP contribution in [0.5, 0.6) is 0 Å². The second kappa shape index (κ2) is 6.36. The molecule has 0 radical (unpaired) electrons. The number of carboxylic acid groups (broad SMARTS) is 1. The molecular weight excluding hydrogens is 351 g/mol. The van der Waals surface area contributed by atoms with Crippen LogP contribution in [0.1, 0.15) is 30.4 Å². The number of benzene rings is 1. The van der Waals surface area contributed by atoms with E-state index in [-0.39, 0.29) is 6.54 Å². The van der Waals surface area contributed by atoms with Crippen LogP contribution >= 0.6 is 15.9 Å². The van der Waals surface area contributed by atoms with E-state index >= 15 is 0 Å². The van der Waals surface area contributed by atoms with Gasteiger partial charge >= 0.3 is 12.1 Å². The van der Waals surface area contributed by atoms with Gasteiger partial charge in [0.25, 0.3) is 0 Å². The van der Waals surface area contributed by atoms with Crippen molar-refractivity contribution in [1.29, 1.82) is 0 Å². The fraction of sp³-hybridized carbons (Fsp3) is 0.500. The van der Waals surface area contributed by atoms with Gasteiger partial charge in [-0.2, -0.15) is 13.2 Å². The van der Waals surface area contributed by atoms with Crippen LogP contribution in [0.4, 0.5) is 13.2 Å². The zero-order chi connectivity index (χ0) is 15.6. The third kappa shape index (κ3) is 4.20. The number of halogens is 4. The van der Waals surface area contributed by atoms with Gasteiger partial charge in [0.05, 0.1) is 5.56 Å². The molecule has 7 heteroatoms. The number of likely N-dealkylation sites (tertiary alicyclic amines) is 1. The summed E-state index contributed by atoms with van der Waals surface area (Å²) in [5, 5.41) is 9.19. The van der Waals surface area contributed by atoms with E-state index in [9.17, 15) is 23.1 Å². The number of aliphatic carboxylic acids is 1. The Balaban J connectivity index is 2.22. The van der Waals surface area contributed by atoms with Crippen molar-refractivity contribution in [3.63, 3.8) is 0 Å². The third-order valence-corrected chi connectivity index (χ3v) is 4.03. The molecule has 1 aromatic rings. The molecule has 2 rings (SSSR count). The minimum absolute atomic E-state index is 0.208. The fourth-order valence-corrected chi connectivity index (χ4v) is 3.14. The van der Waals surface area contributed by atoms with Gasteiger partial charge in [0, 0.05) is 11.0 Å². The highest BCUT2D eigenvalue weighted by atomic mass is 79.9. The summed E-state index contributed by atoms with van der Waals surface area (Å²) in [4.78, 5) is 12.9. The van der Waals surface area contributed by atoms with Crippen molar-refractivity contribution in [2.45, 2.75) is 38.0 Å². The highest BCUT2D eigenvalue weighted by Crippen LogP contribution is 2.32. The summed E-state index contributed by atoms with van der Waals surface area (Å²) in [7, 11) is 0. The number of carbonyl (C=O) groups is 1. The molecule has 0 aromatic heterocycles. The summed E-state index contributed by atoms with van der Waals surface area (Å²) in [5.74, 6) is -0.916. The molecule has 1 saturated heterocycles. The highest BCUT2D eigenvalue weighted by molar-refractivity contribution is 9.10. The van der Waals surface area contributed by atoms with Crippen LogP contribution in [0.25, 0.3) is 0 Å². The lowest BCUT2D eigenvalue weighted by Crippen LogP contribution is -2.44. The van der Waals surface area contributed by atoms with Crippen LogP contribution in [0.2, 0.25) is 0 Å². The monoisotopic (exact) mass is 365 g/mol. The van der Waals surface area contributed by atoms with Gasteiger partial charge < -0.3 is 5.11 Å². The Morgan fingerprint density at radius 1 is 1.33 bits per heavy atom. The molecule has 0 saturated carbocycles. The van der Waals surface area contributed by atoms with E-state index in [1.54, 1.807) is 11.0 Å². The molecule has 0 spiro atoms. The van der Waals surface area contributed by atoms with Crippen molar-refractivity contribution in [3.05, 3.63) is 33.8 Å². The maximum atomic E-state index is 12.8. The lowest BCUT2D eigenvalue weighted by molar-refractivity contribution is -0.145. The van der Waals surface area contributed by atoms with Crippen molar-refractivity contribution in [2.24, 2.45) is 0 Å². The first kappa shape index (κ1) is 16.3. The van der Waals surface area contributed by atoms with E-state index in [0.29, 0.717) is 23.0 Å². The third-order valence-electron chi connectivity index (χ3n) is 3.57. The van der Waals surface area contributed by atoms with E-state index < -0.39 is 23.8 Å². The predicted molar refractivity (Wildman–Crippen MR) is 74.8 cm³/mol. The SMILES string of the molecule is O=C(O)C1CCCCN1Cc1cc(Br)cc(C(F)(F)F)c1. The standard InChI is InChI=1S/C14H15BrF3NO2/c15-11-6-9(5-10(7-11)14(16,17)18)8-19-4-2-1-3-12(19)13(20)21/h5-7,12H,1-4,8H2,(H,20,21). The van der Waals surface area contributed by atoms with Crippen molar-refractivity contribution in [3.8, 4) is 0 Å². The van der Waals surface area contributed by atoms with Crippen molar-refractivity contribution in [1.82, 2.24) is 4.90 Å². The fourth-order valence-electron chi connectivity index (χ4n) is 2.60. The lowest BCUT2D eigenvalue weighted by Gasteiger charge is -2.33. The van der Waals surface area contributed by atoms with E-state index in [4.69, 9.17) is 0 Å². The number of alkyl halides is 3. The molecule has 0 bridgehead atoms. The van der Waals surface area contributed by atoms with Crippen LogP contribution in [0, 0.1) is 0 Å². The molecule has 0 amide bonds. The Morgan fingerprint density at radius 3 is 2.67 bits per heavy atom. The average Bonchev–Trinajstić information content (AvgIpc) is 2.37.